The van der Waals surface area contributed by atoms with Gasteiger partial charge in [0.1, 0.15) is 0 Å². The van der Waals surface area contributed by atoms with Gasteiger partial charge in [0, 0.05) is 25.7 Å². The van der Waals surface area contributed by atoms with Crippen LogP contribution in [0.3, 0.4) is 0 Å². The van der Waals surface area contributed by atoms with E-state index in [-0.39, 0.29) is 0 Å². The van der Waals surface area contributed by atoms with Crippen molar-refractivity contribution in [1.29, 1.82) is 0 Å². The number of rotatable bonds is 8. The maximum absolute atomic E-state index is 3.61. The molecule has 0 radical (unpaired) electrons. The number of nitrogens with zero attached hydrogens (tertiary/aromatic N) is 2. The standard InChI is InChI=1S/C17H35N3/c1-16(2)7-6-9-18-10-14-19-13-8-17(15-19)20-11-4-3-5-12-20/h16-18H,3-15H2,1-2H3. The fourth-order valence-electron chi connectivity index (χ4n) is 3.59. The maximum Gasteiger partial charge on any atom is 0.0235 e. The van der Waals surface area contributed by atoms with Crippen molar-refractivity contribution in [3.05, 3.63) is 0 Å². The molecule has 2 rings (SSSR count). The maximum atomic E-state index is 3.61. The Kier molecular flexibility index (Phi) is 7.32. The van der Waals surface area contributed by atoms with Gasteiger partial charge in [-0.1, -0.05) is 20.3 Å². The molecule has 0 saturated carbocycles. The van der Waals surface area contributed by atoms with Gasteiger partial charge in [0.2, 0.25) is 0 Å². The minimum atomic E-state index is 0.848. The highest BCUT2D eigenvalue weighted by Gasteiger charge is 2.27. The van der Waals surface area contributed by atoms with E-state index in [9.17, 15) is 0 Å². The van der Waals surface area contributed by atoms with E-state index in [0.29, 0.717) is 0 Å². The smallest absolute Gasteiger partial charge is 0.0235 e. The molecule has 3 heteroatoms. The lowest BCUT2D eigenvalue weighted by molar-refractivity contribution is 0.162. The van der Waals surface area contributed by atoms with Crippen LogP contribution >= 0.6 is 0 Å². The molecule has 0 bridgehead atoms. The van der Waals surface area contributed by atoms with Crippen LogP contribution in [0.5, 0.6) is 0 Å². The Morgan fingerprint density at radius 1 is 1.05 bits per heavy atom. The van der Waals surface area contributed by atoms with Gasteiger partial charge in [-0.25, -0.2) is 0 Å². The average molecular weight is 281 g/mol. The summed E-state index contributed by atoms with van der Waals surface area (Å²) in [6.07, 6.45) is 8.38. The molecule has 1 atom stereocenters. The highest BCUT2D eigenvalue weighted by atomic mass is 15.3. The zero-order valence-corrected chi connectivity index (χ0v) is 13.7. The lowest BCUT2D eigenvalue weighted by Crippen LogP contribution is -2.41. The van der Waals surface area contributed by atoms with Crippen molar-refractivity contribution >= 4 is 0 Å². The minimum Gasteiger partial charge on any atom is -0.315 e. The lowest BCUT2D eigenvalue weighted by atomic mass is 10.1. The van der Waals surface area contributed by atoms with Gasteiger partial charge >= 0.3 is 0 Å². The Hall–Kier alpha value is -0.120. The van der Waals surface area contributed by atoms with E-state index in [1.165, 1.54) is 84.3 Å². The van der Waals surface area contributed by atoms with Gasteiger partial charge in [0.25, 0.3) is 0 Å². The Morgan fingerprint density at radius 2 is 1.85 bits per heavy atom. The van der Waals surface area contributed by atoms with Crippen molar-refractivity contribution in [2.24, 2.45) is 5.92 Å². The Morgan fingerprint density at radius 3 is 2.60 bits per heavy atom. The Balaban J connectivity index is 1.50. The lowest BCUT2D eigenvalue weighted by Gasteiger charge is -2.32. The predicted octanol–water partition coefficient (Wildman–Crippen LogP) is 2.57. The molecule has 2 aliphatic heterocycles. The molecule has 3 nitrogen and oxygen atoms in total. The third kappa shape index (κ3) is 5.71. The van der Waals surface area contributed by atoms with Crippen LogP contribution in [0.1, 0.15) is 52.4 Å². The van der Waals surface area contributed by atoms with Crippen LogP contribution in [0.15, 0.2) is 0 Å². The first-order chi connectivity index (χ1) is 9.75. The number of hydrogen-bond donors (Lipinski definition) is 1. The van der Waals surface area contributed by atoms with Crippen LogP contribution in [0, 0.1) is 5.92 Å². The molecule has 2 heterocycles. The highest BCUT2D eigenvalue weighted by Crippen LogP contribution is 2.19. The molecule has 1 N–H and O–H groups in total. The first-order valence-electron chi connectivity index (χ1n) is 8.93. The number of hydrogen-bond acceptors (Lipinski definition) is 3. The normalized spacial score (nSPS) is 25.6. The number of piperidine rings is 1. The molecule has 2 saturated heterocycles. The summed E-state index contributed by atoms with van der Waals surface area (Å²) in [7, 11) is 0. The summed E-state index contributed by atoms with van der Waals surface area (Å²) < 4.78 is 0. The third-order valence-corrected chi connectivity index (χ3v) is 4.89. The van der Waals surface area contributed by atoms with Gasteiger partial charge in [-0.05, 0) is 64.2 Å². The summed E-state index contributed by atoms with van der Waals surface area (Å²) in [5, 5.41) is 3.61. The van der Waals surface area contributed by atoms with Crippen LogP contribution in [-0.4, -0.2) is 61.7 Å². The van der Waals surface area contributed by atoms with E-state index in [4.69, 9.17) is 0 Å². The van der Waals surface area contributed by atoms with E-state index in [1.54, 1.807) is 0 Å². The van der Waals surface area contributed by atoms with Crippen molar-refractivity contribution in [2.45, 2.75) is 58.4 Å². The molecule has 0 amide bonds. The molecule has 2 fully saturated rings. The first-order valence-corrected chi connectivity index (χ1v) is 8.93. The van der Waals surface area contributed by atoms with Gasteiger partial charge in [-0.15, -0.1) is 0 Å². The molecular weight excluding hydrogens is 246 g/mol. The van der Waals surface area contributed by atoms with Crippen molar-refractivity contribution in [3.8, 4) is 0 Å². The number of likely N-dealkylation sites (tertiary alicyclic amines) is 2. The summed E-state index contributed by atoms with van der Waals surface area (Å²) in [6, 6.07) is 0.858. The molecule has 118 valence electrons. The van der Waals surface area contributed by atoms with E-state index >= 15 is 0 Å². The van der Waals surface area contributed by atoms with Crippen molar-refractivity contribution in [2.75, 3.05) is 45.8 Å². The molecule has 20 heavy (non-hydrogen) atoms. The van der Waals surface area contributed by atoms with Gasteiger partial charge in [-0.2, -0.15) is 0 Å². The fraction of sp³-hybridized carbons (Fsp3) is 1.00. The second-order valence-corrected chi connectivity index (χ2v) is 7.13. The molecule has 0 aromatic heterocycles. The van der Waals surface area contributed by atoms with Crippen molar-refractivity contribution in [3.63, 3.8) is 0 Å². The van der Waals surface area contributed by atoms with Crippen LogP contribution in [0.2, 0.25) is 0 Å². The van der Waals surface area contributed by atoms with Crippen LogP contribution < -0.4 is 5.32 Å². The molecule has 0 aromatic carbocycles. The van der Waals surface area contributed by atoms with Crippen molar-refractivity contribution in [1.82, 2.24) is 15.1 Å². The van der Waals surface area contributed by atoms with Gasteiger partial charge in [0.05, 0.1) is 0 Å². The van der Waals surface area contributed by atoms with Gasteiger partial charge < -0.3 is 10.2 Å². The molecular formula is C17H35N3. The fourth-order valence-corrected chi connectivity index (χ4v) is 3.59. The summed E-state index contributed by atoms with van der Waals surface area (Å²) >= 11 is 0. The summed E-state index contributed by atoms with van der Waals surface area (Å²) in [5.41, 5.74) is 0. The topological polar surface area (TPSA) is 18.5 Å². The monoisotopic (exact) mass is 281 g/mol. The number of nitrogens with one attached hydrogen (secondary N) is 1. The second-order valence-electron chi connectivity index (χ2n) is 7.13. The van der Waals surface area contributed by atoms with Crippen LogP contribution in [-0.2, 0) is 0 Å². The molecule has 0 aromatic rings. The minimum absolute atomic E-state index is 0.848. The van der Waals surface area contributed by atoms with E-state index in [1.807, 2.05) is 0 Å². The largest absolute Gasteiger partial charge is 0.315 e. The summed E-state index contributed by atoms with van der Waals surface area (Å²) in [4.78, 5) is 5.41. The zero-order chi connectivity index (χ0) is 14.2. The first kappa shape index (κ1) is 16.3. The van der Waals surface area contributed by atoms with Gasteiger partial charge in [-0.3, -0.25) is 4.90 Å². The van der Waals surface area contributed by atoms with Crippen molar-refractivity contribution < 1.29 is 0 Å². The second kappa shape index (κ2) is 9.01. The Labute approximate surface area is 126 Å². The highest BCUT2D eigenvalue weighted by molar-refractivity contribution is 4.84. The van der Waals surface area contributed by atoms with E-state index < -0.39 is 0 Å². The molecule has 1 unspecified atom stereocenters. The molecule has 0 aliphatic carbocycles. The average Bonchev–Trinajstić information content (AvgIpc) is 2.92. The zero-order valence-electron chi connectivity index (χ0n) is 13.7. The summed E-state index contributed by atoms with van der Waals surface area (Å²) in [5.74, 6) is 0.848. The predicted molar refractivity (Wildman–Crippen MR) is 87.2 cm³/mol. The quantitative estimate of drug-likeness (QED) is 0.690. The van der Waals surface area contributed by atoms with Crippen LogP contribution in [0.25, 0.3) is 0 Å². The Bertz CT molecular complexity index is 249. The van der Waals surface area contributed by atoms with Gasteiger partial charge in [0.15, 0.2) is 0 Å². The summed E-state index contributed by atoms with van der Waals surface area (Å²) in [6.45, 7) is 13.6. The SMILES string of the molecule is CC(C)CCCNCCN1CCC(N2CCCCC2)C1. The van der Waals surface area contributed by atoms with E-state index in [0.717, 1.165) is 12.0 Å². The molecule has 2 aliphatic rings. The van der Waals surface area contributed by atoms with E-state index in [2.05, 4.69) is 29.0 Å². The molecule has 0 spiro atoms. The third-order valence-electron chi connectivity index (χ3n) is 4.89. The van der Waals surface area contributed by atoms with Crippen LogP contribution in [0.4, 0.5) is 0 Å².